The lowest BCUT2D eigenvalue weighted by Gasteiger charge is -2.15. The third-order valence-electron chi connectivity index (χ3n) is 2.73. The number of hydrogen-bond acceptors (Lipinski definition) is 3. The molecule has 1 amide bonds. The van der Waals surface area contributed by atoms with Crippen LogP contribution in [0.25, 0.3) is 0 Å². The molecule has 3 nitrogen and oxygen atoms in total. The molecule has 0 saturated carbocycles. The quantitative estimate of drug-likeness (QED) is 0.389. The second-order valence-electron chi connectivity index (χ2n) is 4.23. The van der Waals surface area contributed by atoms with Gasteiger partial charge >= 0.3 is 0 Å². The highest BCUT2D eigenvalue weighted by atomic mass is 32.2. The van der Waals surface area contributed by atoms with Crippen LogP contribution in [-0.4, -0.2) is 5.91 Å². The van der Waals surface area contributed by atoms with Gasteiger partial charge in [0.15, 0.2) is 0 Å². The number of hydrazine groups is 1. The fourth-order valence-electron chi connectivity index (χ4n) is 1.80. The zero-order valence-electron chi connectivity index (χ0n) is 10.7. The summed E-state index contributed by atoms with van der Waals surface area (Å²) in [4.78, 5) is 13.0. The fraction of sp³-hybridized carbons (Fsp3) is 0.133. The van der Waals surface area contributed by atoms with Gasteiger partial charge in [0.1, 0.15) is 5.25 Å². The average Bonchev–Trinajstić information content (AvgIpc) is 2.45. The van der Waals surface area contributed by atoms with Gasteiger partial charge in [-0.1, -0.05) is 48.0 Å². The lowest BCUT2D eigenvalue weighted by molar-refractivity contribution is -0.120. The van der Waals surface area contributed by atoms with Crippen molar-refractivity contribution in [1.29, 1.82) is 0 Å². The van der Waals surface area contributed by atoms with E-state index in [1.54, 1.807) is 0 Å². The fourth-order valence-corrected chi connectivity index (χ4v) is 2.95. The monoisotopic (exact) mass is 272 g/mol. The molecular formula is C15H16N2OS. The van der Waals surface area contributed by atoms with Crippen molar-refractivity contribution >= 4 is 17.7 Å². The molecule has 1 unspecified atom stereocenters. The molecule has 2 aromatic rings. The number of carbonyl (C=O) groups excluding carboxylic acids is 1. The smallest absolute Gasteiger partial charge is 0.251 e. The van der Waals surface area contributed by atoms with Crippen LogP contribution in [0.2, 0.25) is 0 Å². The first kappa shape index (κ1) is 13.6. The van der Waals surface area contributed by atoms with E-state index in [1.807, 2.05) is 55.5 Å². The normalized spacial score (nSPS) is 11.9. The summed E-state index contributed by atoms with van der Waals surface area (Å²) in [6.45, 7) is 2.03. The summed E-state index contributed by atoms with van der Waals surface area (Å²) in [5.74, 6) is 5.08. The van der Waals surface area contributed by atoms with Crippen molar-refractivity contribution in [1.82, 2.24) is 5.43 Å². The molecule has 0 saturated heterocycles. The Labute approximate surface area is 117 Å². The number of rotatable bonds is 4. The summed E-state index contributed by atoms with van der Waals surface area (Å²) in [6.07, 6.45) is 0. The molecule has 0 fully saturated rings. The van der Waals surface area contributed by atoms with Gasteiger partial charge in [-0.3, -0.25) is 10.2 Å². The van der Waals surface area contributed by atoms with Crippen LogP contribution in [0.4, 0.5) is 0 Å². The van der Waals surface area contributed by atoms with Crippen LogP contribution in [0, 0.1) is 6.92 Å². The Morgan fingerprint density at radius 3 is 2.53 bits per heavy atom. The molecule has 0 aliphatic rings. The van der Waals surface area contributed by atoms with E-state index in [9.17, 15) is 4.79 Å². The Balaban J connectivity index is 2.27. The molecule has 2 rings (SSSR count). The number of amides is 1. The van der Waals surface area contributed by atoms with Crippen LogP contribution in [-0.2, 0) is 4.79 Å². The Morgan fingerprint density at radius 2 is 1.89 bits per heavy atom. The molecule has 0 aromatic heterocycles. The molecule has 0 aliphatic carbocycles. The topological polar surface area (TPSA) is 55.1 Å². The maximum atomic E-state index is 11.9. The minimum Gasteiger partial charge on any atom is -0.293 e. The van der Waals surface area contributed by atoms with E-state index in [0.29, 0.717) is 0 Å². The Bertz CT molecular complexity index is 557. The van der Waals surface area contributed by atoms with Gasteiger partial charge in [-0.15, -0.1) is 11.8 Å². The Morgan fingerprint density at radius 1 is 1.16 bits per heavy atom. The molecule has 98 valence electrons. The van der Waals surface area contributed by atoms with Gasteiger partial charge in [0.2, 0.25) is 0 Å². The molecule has 2 aromatic carbocycles. The van der Waals surface area contributed by atoms with E-state index in [-0.39, 0.29) is 11.2 Å². The highest BCUT2D eigenvalue weighted by Gasteiger charge is 2.20. The van der Waals surface area contributed by atoms with Crippen LogP contribution in [0.15, 0.2) is 59.5 Å². The summed E-state index contributed by atoms with van der Waals surface area (Å²) >= 11 is 1.50. The van der Waals surface area contributed by atoms with E-state index < -0.39 is 0 Å². The minimum absolute atomic E-state index is 0.197. The van der Waals surface area contributed by atoms with Crippen molar-refractivity contribution < 1.29 is 4.79 Å². The first-order chi connectivity index (χ1) is 9.20. The standard InChI is InChI=1S/C15H16N2OS/c1-11-6-5-9-13(10-11)19-14(15(18)17-16)12-7-3-2-4-8-12/h2-10,14H,16H2,1H3,(H,17,18). The van der Waals surface area contributed by atoms with Crippen molar-refractivity contribution in [2.45, 2.75) is 17.1 Å². The highest BCUT2D eigenvalue weighted by Crippen LogP contribution is 2.35. The van der Waals surface area contributed by atoms with E-state index in [4.69, 9.17) is 5.84 Å². The van der Waals surface area contributed by atoms with Gasteiger partial charge in [-0.05, 0) is 24.6 Å². The predicted octanol–water partition coefficient (Wildman–Crippen LogP) is 2.82. The van der Waals surface area contributed by atoms with Gasteiger partial charge in [0.05, 0.1) is 0 Å². The van der Waals surface area contributed by atoms with Crippen LogP contribution >= 0.6 is 11.8 Å². The van der Waals surface area contributed by atoms with E-state index in [1.165, 1.54) is 17.3 Å². The van der Waals surface area contributed by atoms with Crippen LogP contribution in [0.5, 0.6) is 0 Å². The van der Waals surface area contributed by atoms with Crippen molar-refractivity contribution in [2.24, 2.45) is 5.84 Å². The molecule has 0 aliphatic heterocycles. The van der Waals surface area contributed by atoms with Gasteiger partial charge < -0.3 is 0 Å². The third-order valence-corrected chi connectivity index (χ3v) is 3.97. The molecule has 0 bridgehead atoms. The van der Waals surface area contributed by atoms with E-state index in [0.717, 1.165) is 10.5 Å². The van der Waals surface area contributed by atoms with Gasteiger partial charge in [0.25, 0.3) is 5.91 Å². The molecule has 0 radical (unpaired) electrons. The van der Waals surface area contributed by atoms with Crippen molar-refractivity contribution in [3.05, 3.63) is 65.7 Å². The number of thioether (sulfide) groups is 1. The van der Waals surface area contributed by atoms with Crippen molar-refractivity contribution in [3.8, 4) is 0 Å². The lowest BCUT2D eigenvalue weighted by atomic mass is 10.1. The van der Waals surface area contributed by atoms with Gasteiger partial charge in [-0.25, -0.2) is 5.84 Å². The van der Waals surface area contributed by atoms with Crippen molar-refractivity contribution in [2.75, 3.05) is 0 Å². The molecule has 3 N–H and O–H groups in total. The third kappa shape index (κ3) is 3.59. The Kier molecular flexibility index (Phi) is 4.60. The first-order valence-electron chi connectivity index (χ1n) is 5.99. The molecule has 19 heavy (non-hydrogen) atoms. The molecule has 4 heteroatoms. The lowest BCUT2D eigenvalue weighted by Crippen LogP contribution is -2.33. The number of nitrogens with two attached hydrogens (primary N) is 1. The Hall–Kier alpha value is -1.78. The molecule has 0 spiro atoms. The maximum absolute atomic E-state index is 11.9. The second kappa shape index (κ2) is 6.41. The molecule has 0 heterocycles. The SMILES string of the molecule is Cc1cccc(SC(C(=O)NN)c2ccccc2)c1. The largest absolute Gasteiger partial charge is 0.293 e. The van der Waals surface area contributed by atoms with Gasteiger partial charge in [0, 0.05) is 4.90 Å². The van der Waals surface area contributed by atoms with Crippen LogP contribution < -0.4 is 11.3 Å². The van der Waals surface area contributed by atoms with E-state index >= 15 is 0 Å². The molecule has 1 atom stereocenters. The number of aryl methyl sites for hydroxylation is 1. The predicted molar refractivity (Wildman–Crippen MR) is 78.5 cm³/mol. The van der Waals surface area contributed by atoms with E-state index in [2.05, 4.69) is 11.5 Å². The van der Waals surface area contributed by atoms with Crippen LogP contribution in [0.1, 0.15) is 16.4 Å². The minimum atomic E-state index is -0.340. The zero-order chi connectivity index (χ0) is 13.7. The molecular weight excluding hydrogens is 256 g/mol. The highest BCUT2D eigenvalue weighted by molar-refractivity contribution is 8.00. The number of hydrogen-bond donors (Lipinski definition) is 2. The summed E-state index contributed by atoms with van der Waals surface area (Å²) in [7, 11) is 0. The number of nitrogens with one attached hydrogen (secondary N) is 1. The average molecular weight is 272 g/mol. The maximum Gasteiger partial charge on any atom is 0.251 e. The van der Waals surface area contributed by atoms with Gasteiger partial charge in [-0.2, -0.15) is 0 Å². The summed E-state index contributed by atoms with van der Waals surface area (Å²) in [5.41, 5.74) is 4.35. The summed E-state index contributed by atoms with van der Waals surface area (Å²) in [5, 5.41) is -0.340. The summed E-state index contributed by atoms with van der Waals surface area (Å²) in [6, 6.07) is 17.7. The zero-order valence-corrected chi connectivity index (χ0v) is 11.5. The number of benzene rings is 2. The number of carbonyl (C=O) groups is 1. The van der Waals surface area contributed by atoms with Crippen molar-refractivity contribution in [3.63, 3.8) is 0 Å². The summed E-state index contributed by atoms with van der Waals surface area (Å²) < 4.78 is 0. The van der Waals surface area contributed by atoms with Crippen LogP contribution in [0.3, 0.4) is 0 Å². The first-order valence-corrected chi connectivity index (χ1v) is 6.87. The second-order valence-corrected chi connectivity index (χ2v) is 5.41.